The highest BCUT2D eigenvalue weighted by atomic mass is 16.6. The quantitative estimate of drug-likeness (QED) is 0.708. The van der Waals surface area contributed by atoms with Gasteiger partial charge >= 0.3 is 6.09 Å². The number of benzene rings is 2. The molecule has 0 bridgehead atoms. The van der Waals surface area contributed by atoms with Crippen molar-refractivity contribution in [3.63, 3.8) is 0 Å². The van der Waals surface area contributed by atoms with Crippen LogP contribution in [0, 0.1) is 6.92 Å². The first-order valence-corrected chi connectivity index (χ1v) is 8.81. The summed E-state index contributed by atoms with van der Waals surface area (Å²) in [6.07, 6.45) is 0.152. The lowest BCUT2D eigenvalue weighted by Gasteiger charge is -2.12. The molecule has 0 aliphatic carbocycles. The van der Waals surface area contributed by atoms with Gasteiger partial charge in [-0.1, -0.05) is 43.3 Å². The van der Waals surface area contributed by atoms with Gasteiger partial charge in [0.25, 0.3) is 5.91 Å². The zero-order valence-corrected chi connectivity index (χ0v) is 15.3. The molecular weight excluding hydrogens is 342 g/mol. The van der Waals surface area contributed by atoms with Gasteiger partial charge in [0.2, 0.25) is 5.88 Å². The molecule has 6 nitrogen and oxygen atoms in total. The fourth-order valence-electron chi connectivity index (χ4n) is 2.66. The number of ether oxygens (including phenoxy) is 1. The number of anilines is 1. The van der Waals surface area contributed by atoms with Gasteiger partial charge in [-0.15, -0.1) is 0 Å². The van der Waals surface area contributed by atoms with Gasteiger partial charge in [0.05, 0.1) is 0 Å². The van der Waals surface area contributed by atoms with Crippen LogP contribution in [0.5, 0.6) is 5.88 Å². The first-order valence-electron chi connectivity index (χ1n) is 8.81. The fraction of sp³-hybridized carbons (Fsp3) is 0.190. The van der Waals surface area contributed by atoms with E-state index < -0.39 is 12.0 Å². The van der Waals surface area contributed by atoms with Gasteiger partial charge < -0.3 is 15.4 Å². The summed E-state index contributed by atoms with van der Waals surface area (Å²) in [5.74, 6) is -0.404. The zero-order valence-electron chi connectivity index (χ0n) is 15.3. The van der Waals surface area contributed by atoms with E-state index in [1.807, 2.05) is 49.4 Å². The lowest BCUT2D eigenvalue weighted by Crippen LogP contribution is -2.28. The molecule has 0 aliphatic rings. The second-order valence-corrected chi connectivity index (χ2v) is 6.10. The third kappa shape index (κ3) is 4.41. The van der Waals surface area contributed by atoms with Crippen LogP contribution >= 0.6 is 0 Å². The summed E-state index contributed by atoms with van der Waals surface area (Å²) < 4.78 is 5.25. The van der Waals surface area contributed by atoms with Crippen molar-refractivity contribution in [2.75, 3.05) is 11.9 Å². The molecule has 0 saturated carbocycles. The van der Waals surface area contributed by atoms with E-state index in [1.54, 1.807) is 19.1 Å². The smallest absolute Gasteiger partial charge is 0.390 e. The highest BCUT2D eigenvalue weighted by Gasteiger charge is 2.18. The molecule has 6 heteroatoms. The van der Waals surface area contributed by atoms with Gasteiger partial charge in [-0.25, -0.2) is 9.78 Å². The van der Waals surface area contributed by atoms with Crippen LogP contribution in [0.15, 0.2) is 54.6 Å². The number of nitrogens with one attached hydrogen (secondary N) is 2. The highest BCUT2D eigenvalue weighted by molar-refractivity contribution is 6.10. The average Bonchev–Trinajstić information content (AvgIpc) is 2.66. The lowest BCUT2D eigenvalue weighted by molar-refractivity contribution is 0.102. The second-order valence-electron chi connectivity index (χ2n) is 6.10. The summed E-state index contributed by atoms with van der Waals surface area (Å²) in [6.45, 7) is 4.19. The average molecular weight is 363 g/mol. The first kappa shape index (κ1) is 18.4. The Kier molecular flexibility index (Phi) is 5.66. The number of aryl methyl sites for hydroxylation is 1. The molecule has 3 rings (SSSR count). The minimum atomic E-state index is -0.630. The molecular formula is C21H21N3O3. The van der Waals surface area contributed by atoms with Crippen molar-refractivity contribution in [2.24, 2.45) is 0 Å². The largest absolute Gasteiger partial charge is 0.413 e. The summed E-state index contributed by atoms with van der Waals surface area (Å²) in [5, 5.41) is 7.44. The monoisotopic (exact) mass is 363 g/mol. The molecule has 2 amide bonds. The van der Waals surface area contributed by atoms with Crippen molar-refractivity contribution in [2.45, 2.75) is 20.3 Å². The summed E-state index contributed by atoms with van der Waals surface area (Å²) in [5.41, 5.74) is 1.52. The van der Waals surface area contributed by atoms with Crippen molar-refractivity contribution in [3.8, 4) is 5.88 Å². The molecule has 0 atom stereocenters. The van der Waals surface area contributed by atoms with Crippen molar-refractivity contribution in [1.29, 1.82) is 0 Å². The van der Waals surface area contributed by atoms with Crippen molar-refractivity contribution in [3.05, 3.63) is 65.9 Å². The fourth-order valence-corrected chi connectivity index (χ4v) is 2.66. The summed E-state index contributed by atoms with van der Waals surface area (Å²) in [6, 6.07) is 16.8. The van der Waals surface area contributed by atoms with E-state index in [0.717, 1.165) is 17.2 Å². The molecule has 27 heavy (non-hydrogen) atoms. The van der Waals surface area contributed by atoms with Crippen molar-refractivity contribution < 1.29 is 14.3 Å². The maximum Gasteiger partial charge on any atom is 0.413 e. The third-order valence-electron chi connectivity index (χ3n) is 3.99. The van der Waals surface area contributed by atoms with Gasteiger partial charge in [0.15, 0.2) is 0 Å². The third-order valence-corrected chi connectivity index (χ3v) is 3.99. The van der Waals surface area contributed by atoms with E-state index in [-0.39, 0.29) is 11.4 Å². The number of fused-ring (bicyclic) bond motifs is 1. The Labute approximate surface area is 157 Å². The summed E-state index contributed by atoms with van der Waals surface area (Å²) in [4.78, 5) is 28.9. The molecule has 2 aromatic carbocycles. The zero-order chi connectivity index (χ0) is 19.2. The molecule has 138 valence electrons. The minimum Gasteiger partial charge on any atom is -0.390 e. The van der Waals surface area contributed by atoms with Crippen LogP contribution in [-0.2, 0) is 0 Å². The number of aromatic nitrogens is 1. The topological polar surface area (TPSA) is 80.3 Å². The number of amides is 2. The van der Waals surface area contributed by atoms with Crippen LogP contribution in [0.2, 0.25) is 0 Å². The molecule has 1 heterocycles. The Morgan fingerprint density at radius 2 is 1.81 bits per heavy atom. The van der Waals surface area contributed by atoms with Crippen molar-refractivity contribution >= 4 is 28.5 Å². The van der Waals surface area contributed by atoms with Gasteiger partial charge in [0.1, 0.15) is 5.56 Å². The number of carbonyl (C=O) groups excluding carboxylic acids is 2. The van der Waals surface area contributed by atoms with E-state index in [1.165, 1.54) is 0 Å². The van der Waals surface area contributed by atoms with Crippen LogP contribution in [0.25, 0.3) is 10.8 Å². The van der Waals surface area contributed by atoms with E-state index in [0.29, 0.717) is 17.9 Å². The van der Waals surface area contributed by atoms with Crippen LogP contribution in [0.3, 0.4) is 0 Å². The maximum atomic E-state index is 12.8. The predicted molar refractivity (Wildman–Crippen MR) is 105 cm³/mol. The number of rotatable bonds is 5. The molecule has 3 aromatic rings. The second kappa shape index (κ2) is 8.31. The lowest BCUT2D eigenvalue weighted by atomic mass is 10.1. The normalized spacial score (nSPS) is 10.4. The Hall–Kier alpha value is -3.41. The molecule has 1 aromatic heterocycles. The van der Waals surface area contributed by atoms with Crippen LogP contribution in [0.4, 0.5) is 10.5 Å². The highest BCUT2D eigenvalue weighted by Crippen LogP contribution is 2.25. The van der Waals surface area contributed by atoms with Crippen LogP contribution in [0.1, 0.15) is 29.4 Å². The maximum absolute atomic E-state index is 12.8. The molecule has 0 saturated heterocycles. The molecule has 2 N–H and O–H groups in total. The number of pyridine rings is 1. The van der Waals surface area contributed by atoms with Gasteiger partial charge in [-0.3, -0.25) is 4.79 Å². The Morgan fingerprint density at radius 1 is 1.04 bits per heavy atom. The van der Waals surface area contributed by atoms with E-state index in [4.69, 9.17) is 4.74 Å². The molecule has 0 fully saturated rings. The number of hydrogen-bond donors (Lipinski definition) is 2. The summed E-state index contributed by atoms with van der Waals surface area (Å²) in [7, 11) is 0. The van der Waals surface area contributed by atoms with Gasteiger partial charge in [0, 0.05) is 23.3 Å². The van der Waals surface area contributed by atoms with Crippen LogP contribution < -0.4 is 15.4 Å². The molecule has 0 spiro atoms. The number of carbonyl (C=O) groups is 2. The van der Waals surface area contributed by atoms with Gasteiger partial charge in [-0.05, 0) is 36.9 Å². The number of hydrogen-bond acceptors (Lipinski definition) is 4. The molecule has 0 unspecified atom stereocenters. The minimum absolute atomic E-state index is 0.0126. The van der Waals surface area contributed by atoms with E-state index >= 15 is 0 Å². The molecule has 0 radical (unpaired) electrons. The first-order chi connectivity index (χ1) is 13.1. The standard InChI is InChI=1S/C21H21N3O3/c1-3-13-22-21(26)27-20-17(12-11-14(2)23-20)19(25)24-18-10-6-8-15-7-4-5-9-16(15)18/h4-12H,3,13H2,1-2H3,(H,22,26)(H,24,25). The SMILES string of the molecule is CCCNC(=O)Oc1nc(C)ccc1C(=O)Nc1cccc2ccccc12. The van der Waals surface area contributed by atoms with E-state index in [9.17, 15) is 9.59 Å². The van der Waals surface area contributed by atoms with Gasteiger partial charge in [-0.2, -0.15) is 0 Å². The Morgan fingerprint density at radius 3 is 2.63 bits per heavy atom. The van der Waals surface area contributed by atoms with Crippen LogP contribution in [-0.4, -0.2) is 23.5 Å². The Bertz CT molecular complexity index is 980. The Balaban J connectivity index is 1.87. The molecule has 0 aliphatic heterocycles. The van der Waals surface area contributed by atoms with E-state index in [2.05, 4.69) is 15.6 Å². The van der Waals surface area contributed by atoms with Crippen molar-refractivity contribution in [1.82, 2.24) is 10.3 Å². The predicted octanol–water partition coefficient (Wildman–Crippen LogP) is 4.29. The summed E-state index contributed by atoms with van der Waals surface area (Å²) >= 11 is 0. The number of nitrogens with zero attached hydrogens (tertiary/aromatic N) is 1.